The third-order valence-electron chi connectivity index (χ3n) is 3.61. The molecule has 7 nitrogen and oxygen atoms in total. The molecule has 0 aliphatic carbocycles. The first-order valence-electron chi connectivity index (χ1n) is 7.41. The van der Waals surface area contributed by atoms with Crippen molar-refractivity contribution in [2.75, 3.05) is 21.3 Å². The number of fused-ring (bicyclic) bond motifs is 1. The standard InChI is InChI=1S/C17H17N3O4S/c1-10-14(13(9-22-2)16(21)24-4)20-17(18-10)25-15(19-20)11-5-7-12(23-3)8-6-11/h5-9H,1-4H3. The number of benzene rings is 1. The summed E-state index contributed by atoms with van der Waals surface area (Å²) in [6.45, 7) is 1.82. The van der Waals surface area contributed by atoms with Gasteiger partial charge >= 0.3 is 5.97 Å². The lowest BCUT2D eigenvalue weighted by atomic mass is 10.2. The second-order valence-electron chi connectivity index (χ2n) is 5.13. The monoisotopic (exact) mass is 359 g/mol. The highest BCUT2D eigenvalue weighted by atomic mass is 32.1. The van der Waals surface area contributed by atoms with Crippen molar-refractivity contribution < 1.29 is 19.0 Å². The minimum absolute atomic E-state index is 0.265. The molecule has 3 aromatic rings. The average molecular weight is 359 g/mol. The van der Waals surface area contributed by atoms with E-state index in [9.17, 15) is 4.79 Å². The van der Waals surface area contributed by atoms with Gasteiger partial charge in [-0.05, 0) is 31.2 Å². The van der Waals surface area contributed by atoms with E-state index in [4.69, 9.17) is 14.2 Å². The van der Waals surface area contributed by atoms with Crippen molar-refractivity contribution in [1.82, 2.24) is 14.6 Å². The van der Waals surface area contributed by atoms with Crippen LogP contribution in [0.5, 0.6) is 5.75 Å². The average Bonchev–Trinajstić information content (AvgIpc) is 3.16. The van der Waals surface area contributed by atoms with Crippen LogP contribution >= 0.6 is 11.3 Å². The minimum atomic E-state index is -0.509. The SMILES string of the molecule is COC=C(C(=O)OC)c1c(C)nc2sc(-c3ccc(OC)cc3)nn12. The Hall–Kier alpha value is -2.87. The molecule has 2 aromatic heterocycles. The molecule has 0 aliphatic rings. The molecule has 0 aliphatic heterocycles. The van der Waals surface area contributed by atoms with Gasteiger partial charge in [0.25, 0.3) is 0 Å². The Morgan fingerprint density at radius 3 is 2.52 bits per heavy atom. The van der Waals surface area contributed by atoms with E-state index in [0.29, 0.717) is 16.3 Å². The molecule has 3 rings (SSSR count). The number of carbonyl (C=O) groups is 1. The summed E-state index contributed by atoms with van der Waals surface area (Å²) in [5.74, 6) is 0.267. The second kappa shape index (κ2) is 6.94. The zero-order valence-electron chi connectivity index (χ0n) is 14.3. The van der Waals surface area contributed by atoms with Crippen LogP contribution in [0.3, 0.4) is 0 Å². The predicted molar refractivity (Wildman–Crippen MR) is 94.6 cm³/mol. The van der Waals surface area contributed by atoms with Gasteiger partial charge in [-0.3, -0.25) is 0 Å². The molecule has 1 aromatic carbocycles. The predicted octanol–water partition coefficient (Wildman–Crippen LogP) is 2.94. The van der Waals surface area contributed by atoms with Crippen molar-refractivity contribution in [3.63, 3.8) is 0 Å². The summed E-state index contributed by atoms with van der Waals surface area (Å²) in [6.07, 6.45) is 1.34. The maximum absolute atomic E-state index is 12.1. The van der Waals surface area contributed by atoms with Crippen molar-refractivity contribution in [3.8, 4) is 16.3 Å². The number of carbonyl (C=O) groups excluding carboxylic acids is 1. The van der Waals surface area contributed by atoms with Gasteiger partial charge in [-0.15, -0.1) is 0 Å². The first-order chi connectivity index (χ1) is 12.1. The van der Waals surface area contributed by atoms with Crippen LogP contribution in [0.15, 0.2) is 30.5 Å². The number of aromatic nitrogens is 3. The molecule has 0 amide bonds. The molecule has 2 heterocycles. The molecule has 25 heavy (non-hydrogen) atoms. The van der Waals surface area contributed by atoms with Gasteiger partial charge in [-0.25, -0.2) is 14.3 Å². The Bertz CT molecular complexity index is 941. The van der Waals surface area contributed by atoms with Crippen LogP contribution in [0, 0.1) is 6.92 Å². The fourth-order valence-electron chi connectivity index (χ4n) is 2.44. The van der Waals surface area contributed by atoms with Gasteiger partial charge < -0.3 is 14.2 Å². The van der Waals surface area contributed by atoms with Crippen LogP contribution in [-0.4, -0.2) is 41.9 Å². The third kappa shape index (κ3) is 3.08. The number of esters is 1. The lowest BCUT2D eigenvalue weighted by molar-refractivity contribution is -0.133. The summed E-state index contributed by atoms with van der Waals surface area (Å²) in [7, 11) is 4.42. The molecule has 0 bridgehead atoms. The van der Waals surface area contributed by atoms with Crippen molar-refractivity contribution in [2.45, 2.75) is 6.92 Å². The Balaban J connectivity index is 2.11. The largest absolute Gasteiger partial charge is 0.503 e. The van der Waals surface area contributed by atoms with Crippen molar-refractivity contribution in [1.29, 1.82) is 0 Å². The maximum Gasteiger partial charge on any atom is 0.343 e. The molecule has 8 heteroatoms. The van der Waals surface area contributed by atoms with Gasteiger partial charge in [0.2, 0.25) is 4.96 Å². The summed E-state index contributed by atoms with van der Waals surface area (Å²) in [6, 6.07) is 7.60. The summed E-state index contributed by atoms with van der Waals surface area (Å²) in [5.41, 5.74) is 2.44. The zero-order chi connectivity index (χ0) is 18.0. The number of ether oxygens (including phenoxy) is 3. The number of imidazole rings is 1. The van der Waals surface area contributed by atoms with E-state index < -0.39 is 5.97 Å². The van der Waals surface area contributed by atoms with Crippen LogP contribution < -0.4 is 4.74 Å². The molecule has 0 fully saturated rings. The Kier molecular flexibility index (Phi) is 4.71. The molecular weight excluding hydrogens is 342 g/mol. The van der Waals surface area contributed by atoms with Crippen LogP contribution in [0.1, 0.15) is 11.4 Å². The van der Waals surface area contributed by atoms with Gasteiger partial charge in [-0.1, -0.05) is 11.3 Å². The van der Waals surface area contributed by atoms with E-state index in [0.717, 1.165) is 16.3 Å². The van der Waals surface area contributed by atoms with Gasteiger partial charge in [0.15, 0.2) is 0 Å². The molecule has 0 radical (unpaired) electrons. The number of hydrogen-bond donors (Lipinski definition) is 0. The van der Waals surface area contributed by atoms with E-state index in [-0.39, 0.29) is 5.57 Å². The first-order valence-corrected chi connectivity index (χ1v) is 8.23. The highest BCUT2D eigenvalue weighted by Crippen LogP contribution is 2.30. The Morgan fingerprint density at radius 2 is 1.92 bits per heavy atom. The summed E-state index contributed by atoms with van der Waals surface area (Å²) in [5, 5.41) is 5.39. The number of rotatable bonds is 5. The molecule has 0 unspecified atom stereocenters. The molecule has 0 saturated heterocycles. The first kappa shape index (κ1) is 17.0. The fraction of sp³-hybridized carbons (Fsp3) is 0.235. The van der Waals surface area contributed by atoms with Gasteiger partial charge in [0, 0.05) is 5.56 Å². The Labute approximate surface area is 148 Å². The summed E-state index contributed by atoms with van der Waals surface area (Å²) < 4.78 is 16.7. The lowest BCUT2D eigenvalue weighted by Crippen LogP contribution is -2.08. The lowest BCUT2D eigenvalue weighted by Gasteiger charge is -2.05. The second-order valence-corrected chi connectivity index (χ2v) is 6.09. The maximum atomic E-state index is 12.1. The highest BCUT2D eigenvalue weighted by molar-refractivity contribution is 7.19. The van der Waals surface area contributed by atoms with Crippen LogP contribution in [0.25, 0.3) is 21.1 Å². The van der Waals surface area contributed by atoms with Gasteiger partial charge in [0.1, 0.15) is 22.0 Å². The van der Waals surface area contributed by atoms with E-state index in [1.54, 1.807) is 11.6 Å². The van der Waals surface area contributed by atoms with Crippen LogP contribution in [0.2, 0.25) is 0 Å². The topological polar surface area (TPSA) is 75.0 Å². The number of nitrogens with zero attached hydrogens (tertiary/aromatic N) is 3. The zero-order valence-corrected chi connectivity index (χ0v) is 15.1. The van der Waals surface area contributed by atoms with Crippen molar-refractivity contribution in [2.24, 2.45) is 0 Å². The highest BCUT2D eigenvalue weighted by Gasteiger charge is 2.23. The molecule has 0 spiro atoms. The Morgan fingerprint density at radius 1 is 1.20 bits per heavy atom. The van der Waals surface area contributed by atoms with E-state index in [1.165, 1.54) is 31.8 Å². The van der Waals surface area contributed by atoms with Crippen molar-refractivity contribution >= 4 is 27.8 Å². The third-order valence-corrected chi connectivity index (χ3v) is 4.57. The number of methoxy groups -OCH3 is 3. The molecule has 0 N–H and O–H groups in total. The van der Waals surface area contributed by atoms with E-state index >= 15 is 0 Å². The molecule has 0 saturated carbocycles. The number of hydrogen-bond acceptors (Lipinski definition) is 7. The van der Waals surface area contributed by atoms with Gasteiger partial charge in [0.05, 0.1) is 33.3 Å². The summed E-state index contributed by atoms with van der Waals surface area (Å²) >= 11 is 1.43. The van der Waals surface area contributed by atoms with Crippen LogP contribution in [-0.2, 0) is 14.3 Å². The smallest absolute Gasteiger partial charge is 0.343 e. The summed E-state index contributed by atoms with van der Waals surface area (Å²) in [4.78, 5) is 17.3. The van der Waals surface area contributed by atoms with Crippen LogP contribution in [0.4, 0.5) is 0 Å². The van der Waals surface area contributed by atoms with Gasteiger partial charge in [-0.2, -0.15) is 5.10 Å². The quantitative estimate of drug-likeness (QED) is 0.396. The molecule has 0 atom stereocenters. The fourth-order valence-corrected chi connectivity index (χ4v) is 3.39. The normalized spacial score (nSPS) is 11.6. The van der Waals surface area contributed by atoms with E-state index in [2.05, 4.69) is 10.1 Å². The molecule has 130 valence electrons. The number of aryl methyl sites for hydroxylation is 1. The van der Waals surface area contributed by atoms with E-state index in [1.807, 2.05) is 31.2 Å². The minimum Gasteiger partial charge on any atom is -0.503 e. The van der Waals surface area contributed by atoms with Crippen molar-refractivity contribution in [3.05, 3.63) is 41.9 Å². The molecular formula is C17H17N3O4S.